The fourth-order valence-electron chi connectivity index (χ4n) is 1.34. The zero-order valence-electron chi connectivity index (χ0n) is 9.83. The van der Waals surface area contributed by atoms with Crippen molar-refractivity contribution < 1.29 is 4.57 Å². The van der Waals surface area contributed by atoms with Crippen molar-refractivity contribution in [2.75, 3.05) is 12.3 Å². The maximum atomic E-state index is 11.2. The third-order valence-corrected chi connectivity index (χ3v) is 3.86. The molecule has 0 amide bonds. The molecule has 0 spiro atoms. The lowest BCUT2D eigenvalue weighted by atomic mass is 10.1. The average molecular weight is 215 g/mol. The van der Waals surface area contributed by atoms with E-state index in [0.29, 0.717) is 5.92 Å². The summed E-state index contributed by atoms with van der Waals surface area (Å²) in [4.78, 5) is 0. The zero-order chi connectivity index (χ0) is 10.8. The van der Waals surface area contributed by atoms with Crippen LogP contribution in [-0.4, -0.2) is 12.3 Å². The highest BCUT2D eigenvalue weighted by Gasteiger charge is 2.10. The highest BCUT2D eigenvalue weighted by molar-refractivity contribution is 7.44. The largest absolute Gasteiger partial charge is 0.338 e. The van der Waals surface area contributed by atoms with Crippen LogP contribution >= 0.6 is 7.80 Å². The quantitative estimate of drug-likeness (QED) is 0.427. The van der Waals surface area contributed by atoms with Crippen LogP contribution in [0.1, 0.15) is 46.5 Å². The van der Waals surface area contributed by atoms with E-state index >= 15 is 0 Å². The fourth-order valence-corrected chi connectivity index (χ4v) is 2.19. The number of hydrogen-bond acceptors (Lipinski definition) is 1. The van der Waals surface area contributed by atoms with Gasteiger partial charge in [0.2, 0.25) is 0 Å². The molecule has 0 radical (unpaired) electrons. The van der Waals surface area contributed by atoms with Gasteiger partial charge in [0.25, 0.3) is 0 Å². The SMILES string of the molecule is CCCC=CC(C)CCC[P+](=O)CC. The van der Waals surface area contributed by atoms with Crippen molar-refractivity contribution in [1.82, 2.24) is 0 Å². The Morgan fingerprint density at radius 3 is 2.64 bits per heavy atom. The smallest absolute Gasteiger partial charge is 0.0883 e. The third kappa shape index (κ3) is 8.44. The lowest BCUT2D eigenvalue weighted by Crippen LogP contribution is -1.91. The van der Waals surface area contributed by atoms with Gasteiger partial charge >= 0.3 is 7.80 Å². The van der Waals surface area contributed by atoms with Gasteiger partial charge in [-0.1, -0.05) is 37.0 Å². The highest BCUT2D eigenvalue weighted by atomic mass is 31.1. The van der Waals surface area contributed by atoms with E-state index in [9.17, 15) is 4.57 Å². The summed E-state index contributed by atoms with van der Waals surface area (Å²) in [6.45, 7) is 6.44. The van der Waals surface area contributed by atoms with Crippen molar-refractivity contribution in [3.05, 3.63) is 12.2 Å². The Balaban J connectivity index is 3.43. The first kappa shape index (κ1) is 13.8. The fraction of sp³-hybridized carbons (Fsp3) is 0.833. The summed E-state index contributed by atoms with van der Waals surface area (Å²) in [5, 5.41) is 0. The van der Waals surface area contributed by atoms with E-state index in [0.717, 1.165) is 18.7 Å². The van der Waals surface area contributed by atoms with Gasteiger partial charge < -0.3 is 0 Å². The average Bonchev–Trinajstić information content (AvgIpc) is 2.18. The van der Waals surface area contributed by atoms with Crippen molar-refractivity contribution in [2.24, 2.45) is 5.92 Å². The van der Waals surface area contributed by atoms with Crippen LogP contribution < -0.4 is 0 Å². The van der Waals surface area contributed by atoms with Crippen LogP contribution in [0.2, 0.25) is 0 Å². The molecule has 0 aliphatic carbocycles. The van der Waals surface area contributed by atoms with E-state index in [1.165, 1.54) is 19.3 Å². The summed E-state index contributed by atoms with van der Waals surface area (Å²) in [6.07, 6.45) is 11.0. The molecule has 2 unspecified atom stereocenters. The predicted octanol–water partition coefficient (Wildman–Crippen LogP) is 4.61. The maximum Gasteiger partial charge on any atom is 0.338 e. The lowest BCUT2D eigenvalue weighted by Gasteiger charge is -2.02. The van der Waals surface area contributed by atoms with E-state index in [-0.39, 0.29) is 0 Å². The standard InChI is InChI=1S/C12H24OP/c1-4-6-7-9-12(3)10-8-11-14(13)5-2/h7,9,12H,4-6,8,10-11H2,1-3H3/q+1. The molecule has 0 aromatic heterocycles. The Labute approximate surface area is 89.8 Å². The van der Waals surface area contributed by atoms with Gasteiger partial charge in [-0.05, 0) is 32.1 Å². The molecule has 1 nitrogen and oxygen atoms in total. The number of hydrogen-bond donors (Lipinski definition) is 0. The second-order valence-electron chi connectivity index (χ2n) is 3.86. The molecule has 0 saturated heterocycles. The molecule has 0 aliphatic rings. The Kier molecular flexibility index (Phi) is 9.29. The van der Waals surface area contributed by atoms with Gasteiger partial charge in [0, 0.05) is 0 Å². The Bertz CT molecular complexity index is 175. The molecule has 2 heteroatoms. The van der Waals surface area contributed by atoms with E-state index < -0.39 is 7.80 Å². The molecule has 0 saturated carbocycles. The van der Waals surface area contributed by atoms with Crippen molar-refractivity contribution in [3.63, 3.8) is 0 Å². The van der Waals surface area contributed by atoms with Gasteiger partial charge in [0.1, 0.15) is 12.3 Å². The van der Waals surface area contributed by atoms with Crippen LogP contribution in [0.25, 0.3) is 0 Å². The molecule has 2 atom stereocenters. The van der Waals surface area contributed by atoms with Crippen molar-refractivity contribution in [3.8, 4) is 0 Å². The molecule has 0 fully saturated rings. The van der Waals surface area contributed by atoms with Crippen LogP contribution in [0.3, 0.4) is 0 Å². The minimum atomic E-state index is -0.899. The molecule has 0 bridgehead atoms. The molecule has 0 N–H and O–H groups in total. The van der Waals surface area contributed by atoms with Crippen LogP contribution in [0, 0.1) is 5.92 Å². The minimum Gasteiger partial charge on any atom is -0.0883 e. The summed E-state index contributed by atoms with van der Waals surface area (Å²) >= 11 is 0. The van der Waals surface area contributed by atoms with Crippen LogP contribution in [0.5, 0.6) is 0 Å². The second-order valence-corrected chi connectivity index (χ2v) is 5.90. The molecule has 82 valence electrons. The number of rotatable bonds is 8. The normalized spacial score (nSPS) is 14.6. The van der Waals surface area contributed by atoms with E-state index in [1.807, 2.05) is 6.92 Å². The summed E-state index contributed by atoms with van der Waals surface area (Å²) in [5.74, 6) is 0.654. The molecule has 0 aromatic rings. The van der Waals surface area contributed by atoms with Gasteiger partial charge in [-0.25, -0.2) is 0 Å². The summed E-state index contributed by atoms with van der Waals surface area (Å²) in [5.41, 5.74) is 0. The van der Waals surface area contributed by atoms with Crippen LogP contribution in [0.15, 0.2) is 12.2 Å². The lowest BCUT2D eigenvalue weighted by molar-refractivity contribution is 0.579. The summed E-state index contributed by atoms with van der Waals surface area (Å²) in [7, 11) is -0.899. The topological polar surface area (TPSA) is 17.1 Å². The molecule has 0 aliphatic heterocycles. The molecule has 0 heterocycles. The van der Waals surface area contributed by atoms with Crippen LogP contribution in [-0.2, 0) is 4.57 Å². The molecule has 14 heavy (non-hydrogen) atoms. The molecular weight excluding hydrogens is 191 g/mol. The van der Waals surface area contributed by atoms with Crippen molar-refractivity contribution in [1.29, 1.82) is 0 Å². The van der Waals surface area contributed by atoms with Gasteiger partial charge in [-0.2, -0.15) is 0 Å². The predicted molar refractivity (Wildman–Crippen MR) is 65.5 cm³/mol. The maximum absolute atomic E-state index is 11.2. The Morgan fingerprint density at radius 2 is 2.07 bits per heavy atom. The van der Waals surface area contributed by atoms with Gasteiger partial charge in [-0.3, -0.25) is 0 Å². The van der Waals surface area contributed by atoms with Crippen LogP contribution in [0.4, 0.5) is 0 Å². The summed E-state index contributed by atoms with van der Waals surface area (Å²) in [6, 6.07) is 0. The number of unbranched alkanes of at least 4 members (excludes halogenated alkanes) is 1. The van der Waals surface area contributed by atoms with E-state index in [1.54, 1.807) is 0 Å². The molecular formula is C12H24OP+. The first-order valence-electron chi connectivity index (χ1n) is 5.79. The van der Waals surface area contributed by atoms with Crippen molar-refractivity contribution in [2.45, 2.75) is 46.5 Å². The third-order valence-electron chi connectivity index (χ3n) is 2.34. The minimum absolute atomic E-state index is 0.654. The first-order valence-corrected chi connectivity index (χ1v) is 7.42. The summed E-state index contributed by atoms with van der Waals surface area (Å²) < 4.78 is 11.2. The van der Waals surface area contributed by atoms with E-state index in [2.05, 4.69) is 26.0 Å². The first-order chi connectivity index (χ1) is 6.70. The monoisotopic (exact) mass is 215 g/mol. The molecule has 0 rings (SSSR count). The van der Waals surface area contributed by atoms with Crippen molar-refractivity contribution >= 4 is 7.80 Å². The van der Waals surface area contributed by atoms with Gasteiger partial charge in [-0.15, -0.1) is 0 Å². The number of allylic oxidation sites excluding steroid dienone is 2. The second kappa shape index (κ2) is 9.40. The van der Waals surface area contributed by atoms with Gasteiger partial charge in [0.15, 0.2) is 0 Å². The Hall–Kier alpha value is -0.160. The Morgan fingerprint density at radius 1 is 1.36 bits per heavy atom. The highest BCUT2D eigenvalue weighted by Crippen LogP contribution is 2.22. The zero-order valence-corrected chi connectivity index (χ0v) is 10.7. The van der Waals surface area contributed by atoms with E-state index in [4.69, 9.17) is 0 Å². The van der Waals surface area contributed by atoms with Gasteiger partial charge in [0.05, 0.1) is 0 Å². The molecule has 0 aromatic carbocycles.